The van der Waals surface area contributed by atoms with Crippen LogP contribution in [0, 0.1) is 5.92 Å². The van der Waals surface area contributed by atoms with Crippen LogP contribution in [0.4, 0.5) is 13.2 Å². The molecule has 1 heterocycles. The summed E-state index contributed by atoms with van der Waals surface area (Å²) in [6, 6.07) is 0. The zero-order valence-electron chi connectivity index (χ0n) is 8.36. The van der Waals surface area contributed by atoms with E-state index < -0.39 is 23.6 Å². The molecule has 0 bridgehead atoms. The van der Waals surface area contributed by atoms with Crippen molar-refractivity contribution in [2.75, 3.05) is 0 Å². The van der Waals surface area contributed by atoms with Crippen molar-refractivity contribution in [2.45, 2.75) is 6.18 Å². The molecule has 0 aromatic carbocycles. The van der Waals surface area contributed by atoms with Gasteiger partial charge in [-0.1, -0.05) is 0 Å². The minimum absolute atomic E-state index is 0.0276. The van der Waals surface area contributed by atoms with Gasteiger partial charge in [0.2, 0.25) is 0 Å². The van der Waals surface area contributed by atoms with Crippen molar-refractivity contribution in [1.29, 1.82) is 0 Å². The van der Waals surface area contributed by atoms with Gasteiger partial charge >= 0.3 is 12.1 Å². The third-order valence-electron chi connectivity index (χ3n) is 2.40. The first-order chi connectivity index (χ1) is 7.89. The summed E-state index contributed by atoms with van der Waals surface area (Å²) in [7, 11) is 0. The summed E-state index contributed by atoms with van der Waals surface area (Å²) in [6.45, 7) is 0. The van der Waals surface area contributed by atoms with Gasteiger partial charge in [0, 0.05) is 5.57 Å². The van der Waals surface area contributed by atoms with Crippen LogP contribution in [0.5, 0.6) is 0 Å². The lowest BCUT2D eigenvalue weighted by Crippen LogP contribution is -2.29. The first-order valence-electron chi connectivity index (χ1n) is 4.67. The molecule has 0 aromatic rings. The van der Waals surface area contributed by atoms with Gasteiger partial charge in [-0.2, -0.15) is 13.2 Å². The lowest BCUT2D eigenvalue weighted by Gasteiger charge is -2.24. The van der Waals surface area contributed by atoms with Gasteiger partial charge in [-0.15, -0.1) is 0 Å². The molecule has 3 nitrogen and oxygen atoms in total. The Hall–Kier alpha value is -1.98. The number of ether oxygens (including phenoxy) is 1. The van der Waals surface area contributed by atoms with Crippen molar-refractivity contribution >= 4 is 5.97 Å². The molecule has 0 saturated carbocycles. The Morgan fingerprint density at radius 3 is 2.71 bits per heavy atom. The van der Waals surface area contributed by atoms with Crippen LogP contribution in [-0.2, 0) is 9.53 Å². The molecule has 0 unspecified atom stereocenters. The van der Waals surface area contributed by atoms with Gasteiger partial charge in [-0.05, 0) is 24.3 Å². The van der Waals surface area contributed by atoms with Crippen molar-refractivity contribution < 1.29 is 27.8 Å². The van der Waals surface area contributed by atoms with Crippen LogP contribution in [0.25, 0.3) is 0 Å². The maximum Gasteiger partial charge on any atom is 0.399 e. The third kappa shape index (κ3) is 2.11. The molecule has 2 rings (SSSR count). The summed E-state index contributed by atoms with van der Waals surface area (Å²) in [5, 5.41) is 8.78. The Bertz CT molecular complexity index is 481. The van der Waals surface area contributed by atoms with Crippen molar-refractivity contribution in [2.24, 2.45) is 5.92 Å². The van der Waals surface area contributed by atoms with E-state index in [1.165, 1.54) is 18.4 Å². The summed E-state index contributed by atoms with van der Waals surface area (Å²) in [5.41, 5.74) is -0.378. The number of fused-ring (bicyclic) bond motifs is 1. The van der Waals surface area contributed by atoms with Crippen LogP contribution in [0.2, 0.25) is 0 Å². The molecule has 0 spiro atoms. The molecule has 1 aliphatic heterocycles. The van der Waals surface area contributed by atoms with Gasteiger partial charge in [0.05, 0.1) is 11.8 Å². The van der Waals surface area contributed by atoms with Crippen molar-refractivity contribution in [1.82, 2.24) is 0 Å². The monoisotopic (exact) mass is 244 g/mol. The van der Waals surface area contributed by atoms with E-state index in [1.807, 2.05) is 0 Å². The molecule has 17 heavy (non-hydrogen) atoms. The number of alkyl halides is 3. The summed E-state index contributed by atoms with van der Waals surface area (Å²) in [6.07, 6.45) is 1.33. The fourth-order valence-corrected chi connectivity index (χ4v) is 1.62. The number of carboxylic acids is 1. The second kappa shape index (κ2) is 3.80. The molecule has 0 saturated heterocycles. The summed E-state index contributed by atoms with van der Waals surface area (Å²) in [5.74, 6) is -3.70. The topological polar surface area (TPSA) is 46.5 Å². The van der Waals surface area contributed by atoms with E-state index in [9.17, 15) is 18.0 Å². The van der Waals surface area contributed by atoms with Crippen LogP contribution in [0.1, 0.15) is 0 Å². The average Bonchev–Trinajstić information content (AvgIpc) is 2.26. The number of hydrogen-bond donors (Lipinski definition) is 1. The van der Waals surface area contributed by atoms with Gasteiger partial charge in [0.25, 0.3) is 0 Å². The van der Waals surface area contributed by atoms with E-state index in [0.29, 0.717) is 5.57 Å². The maximum atomic E-state index is 12.7. The first-order valence-corrected chi connectivity index (χ1v) is 4.67. The van der Waals surface area contributed by atoms with Gasteiger partial charge in [-0.3, -0.25) is 0 Å². The standard InChI is InChI=1S/C11H7F3O3/c12-11(13,14)8-5-9-6(2-1-3-17-9)4-7(8)10(15)16/h1-5,8H,(H,15,16)/t8-/m0/s1. The Balaban J connectivity index is 2.48. The van der Waals surface area contributed by atoms with E-state index in [-0.39, 0.29) is 5.76 Å². The van der Waals surface area contributed by atoms with Crippen LogP contribution < -0.4 is 0 Å². The quantitative estimate of drug-likeness (QED) is 0.771. The Morgan fingerprint density at radius 2 is 2.12 bits per heavy atom. The van der Waals surface area contributed by atoms with E-state index in [0.717, 1.165) is 12.2 Å². The molecular weight excluding hydrogens is 237 g/mol. The lowest BCUT2D eigenvalue weighted by atomic mass is 9.89. The van der Waals surface area contributed by atoms with E-state index in [2.05, 4.69) is 0 Å². The second-order valence-corrected chi connectivity index (χ2v) is 3.52. The number of rotatable bonds is 1. The largest absolute Gasteiger partial charge is 0.478 e. The lowest BCUT2D eigenvalue weighted by molar-refractivity contribution is -0.159. The highest BCUT2D eigenvalue weighted by atomic mass is 19.4. The molecule has 1 atom stereocenters. The molecule has 0 aromatic heterocycles. The van der Waals surface area contributed by atoms with Crippen LogP contribution in [0.3, 0.4) is 0 Å². The number of halogens is 3. The minimum Gasteiger partial charge on any atom is -0.478 e. The smallest absolute Gasteiger partial charge is 0.399 e. The summed E-state index contributed by atoms with van der Waals surface area (Å²) in [4.78, 5) is 10.8. The molecule has 0 fully saturated rings. The molecular formula is C11H7F3O3. The second-order valence-electron chi connectivity index (χ2n) is 3.52. The van der Waals surface area contributed by atoms with E-state index in [1.54, 1.807) is 0 Å². The predicted octanol–water partition coefficient (Wildman–Crippen LogP) is 2.54. The van der Waals surface area contributed by atoms with Crippen molar-refractivity contribution in [3.8, 4) is 0 Å². The SMILES string of the molecule is O=C(O)C1=CC2=CC=COC2=C[C@@H]1C(F)(F)F. The minimum atomic E-state index is -4.65. The Labute approximate surface area is 94.2 Å². The van der Waals surface area contributed by atoms with Crippen molar-refractivity contribution in [3.05, 3.63) is 47.5 Å². The molecule has 0 amide bonds. The van der Waals surface area contributed by atoms with Crippen LogP contribution in [0.15, 0.2) is 47.5 Å². The predicted molar refractivity (Wildman–Crippen MR) is 51.7 cm³/mol. The van der Waals surface area contributed by atoms with Gasteiger partial charge in [0.15, 0.2) is 0 Å². The summed E-state index contributed by atoms with van der Waals surface area (Å²) >= 11 is 0. The molecule has 6 heteroatoms. The third-order valence-corrected chi connectivity index (χ3v) is 2.40. The van der Waals surface area contributed by atoms with Crippen LogP contribution >= 0.6 is 0 Å². The highest BCUT2D eigenvalue weighted by Crippen LogP contribution is 2.39. The normalized spacial score (nSPS) is 23.0. The van der Waals surface area contributed by atoms with Gasteiger partial charge in [0.1, 0.15) is 11.7 Å². The van der Waals surface area contributed by atoms with E-state index in [4.69, 9.17) is 9.84 Å². The van der Waals surface area contributed by atoms with Crippen molar-refractivity contribution in [3.63, 3.8) is 0 Å². The highest BCUT2D eigenvalue weighted by molar-refractivity contribution is 5.89. The maximum absolute atomic E-state index is 12.7. The zero-order chi connectivity index (χ0) is 12.6. The first kappa shape index (κ1) is 11.5. The molecule has 1 N–H and O–H groups in total. The highest BCUT2D eigenvalue weighted by Gasteiger charge is 2.45. The number of carbonyl (C=O) groups is 1. The molecule has 0 radical (unpaired) electrons. The Kier molecular flexibility index (Phi) is 2.57. The number of allylic oxidation sites excluding steroid dienone is 4. The fourth-order valence-electron chi connectivity index (χ4n) is 1.62. The number of aliphatic carboxylic acids is 1. The average molecular weight is 244 g/mol. The van der Waals surface area contributed by atoms with E-state index >= 15 is 0 Å². The zero-order valence-corrected chi connectivity index (χ0v) is 8.36. The van der Waals surface area contributed by atoms with Gasteiger partial charge in [-0.25, -0.2) is 4.79 Å². The number of hydrogen-bond acceptors (Lipinski definition) is 2. The fraction of sp³-hybridized carbons (Fsp3) is 0.182. The molecule has 90 valence electrons. The van der Waals surface area contributed by atoms with Gasteiger partial charge < -0.3 is 9.84 Å². The molecule has 1 aliphatic carbocycles. The molecule has 2 aliphatic rings. The summed E-state index contributed by atoms with van der Waals surface area (Å²) < 4.78 is 42.9. The number of carboxylic acid groups (broad SMARTS) is 1. The Morgan fingerprint density at radius 1 is 1.41 bits per heavy atom. The van der Waals surface area contributed by atoms with Crippen LogP contribution in [-0.4, -0.2) is 17.3 Å².